The van der Waals surface area contributed by atoms with E-state index in [0.717, 1.165) is 22.4 Å². The number of fused-ring (bicyclic) bond motifs is 1. The monoisotopic (exact) mass is 546 g/mol. The van der Waals surface area contributed by atoms with E-state index >= 15 is 0 Å². The van der Waals surface area contributed by atoms with Gasteiger partial charge in [-0.1, -0.05) is 40.9 Å². The number of anilines is 1. The number of rotatable bonds is 5. The number of hydrogen-bond donors (Lipinski definition) is 3. The maximum absolute atomic E-state index is 13.7. The van der Waals surface area contributed by atoms with Crippen molar-refractivity contribution < 1.29 is 18.6 Å². The second-order valence-corrected chi connectivity index (χ2v) is 11.6. The number of phenolic OH excluding ortho intramolecular Hbond substituents is 1. The number of hydrogen-bond acceptors (Lipinski definition) is 7. The van der Waals surface area contributed by atoms with E-state index in [1.807, 2.05) is 6.92 Å². The van der Waals surface area contributed by atoms with Gasteiger partial charge in [0.15, 0.2) is 11.4 Å². The first kappa shape index (κ1) is 24.8. The van der Waals surface area contributed by atoms with Crippen LogP contribution in [0.1, 0.15) is 31.2 Å². The summed E-state index contributed by atoms with van der Waals surface area (Å²) >= 11 is 12.4. The Morgan fingerprint density at radius 2 is 1.67 bits per heavy atom. The number of aromatic nitrogens is 3. The molecule has 1 aliphatic rings. The van der Waals surface area contributed by atoms with Gasteiger partial charge in [0.2, 0.25) is 0 Å². The molecule has 0 radical (unpaired) electrons. The lowest BCUT2D eigenvalue weighted by Crippen LogP contribution is -2.28. The lowest BCUT2D eigenvalue weighted by molar-refractivity contribution is 0.126. The van der Waals surface area contributed by atoms with Crippen molar-refractivity contribution in [2.45, 2.75) is 49.6 Å². The molecule has 5 rings (SSSR count). The molecule has 0 saturated heterocycles. The van der Waals surface area contributed by atoms with Crippen LogP contribution in [0.5, 0.6) is 5.75 Å². The smallest absolute Gasteiger partial charge is 0.269 e. The predicted molar refractivity (Wildman–Crippen MR) is 140 cm³/mol. The molecule has 1 saturated carbocycles. The Morgan fingerprint density at radius 1 is 1.03 bits per heavy atom. The van der Waals surface area contributed by atoms with E-state index in [9.17, 15) is 18.6 Å². The summed E-state index contributed by atoms with van der Waals surface area (Å²) in [5.41, 5.74) is 2.12. The van der Waals surface area contributed by atoms with Crippen LogP contribution in [0.4, 0.5) is 5.82 Å². The molecule has 0 bridgehead atoms. The molecule has 2 aromatic carbocycles. The first-order valence-electron chi connectivity index (χ1n) is 11.5. The van der Waals surface area contributed by atoms with Gasteiger partial charge in [-0.15, -0.1) is 0 Å². The van der Waals surface area contributed by atoms with Crippen molar-refractivity contribution in [1.29, 1.82) is 0 Å². The molecule has 4 aromatic rings. The summed E-state index contributed by atoms with van der Waals surface area (Å²) in [6.07, 6.45) is 5.33. The van der Waals surface area contributed by atoms with Crippen LogP contribution in [0.2, 0.25) is 10.0 Å². The Labute approximate surface area is 218 Å². The van der Waals surface area contributed by atoms with Crippen molar-refractivity contribution in [3.05, 3.63) is 64.5 Å². The number of aromatic hydroxyl groups is 1. The maximum atomic E-state index is 13.7. The minimum absolute atomic E-state index is 0.0346. The van der Waals surface area contributed by atoms with Crippen LogP contribution in [0.25, 0.3) is 22.2 Å². The van der Waals surface area contributed by atoms with Crippen molar-refractivity contribution in [3.8, 4) is 16.9 Å². The zero-order valence-electron chi connectivity index (χ0n) is 19.3. The summed E-state index contributed by atoms with van der Waals surface area (Å²) in [6, 6.07) is 9.68. The molecule has 0 spiro atoms. The lowest BCUT2D eigenvalue weighted by atomic mass is 9.93. The Hall–Kier alpha value is -2.85. The van der Waals surface area contributed by atoms with Crippen LogP contribution in [0.15, 0.2) is 53.8 Å². The number of aliphatic hydroxyl groups excluding tert-OH is 1. The maximum Gasteiger partial charge on any atom is 0.269 e. The van der Waals surface area contributed by atoms with Crippen molar-refractivity contribution in [1.82, 2.24) is 13.9 Å². The second-order valence-electron chi connectivity index (χ2n) is 9.02. The van der Waals surface area contributed by atoms with Gasteiger partial charge >= 0.3 is 0 Å². The first-order chi connectivity index (χ1) is 17.1. The lowest BCUT2D eigenvalue weighted by Gasteiger charge is -2.26. The predicted octanol–water partition coefficient (Wildman–Crippen LogP) is 5.37. The molecular weight excluding hydrogens is 523 g/mol. The molecule has 36 heavy (non-hydrogen) atoms. The zero-order valence-corrected chi connectivity index (χ0v) is 21.6. The quantitative estimate of drug-likeness (QED) is 0.308. The second kappa shape index (κ2) is 9.55. The van der Waals surface area contributed by atoms with Crippen LogP contribution in [-0.4, -0.2) is 44.7 Å². The molecule has 1 fully saturated rings. The summed E-state index contributed by atoms with van der Waals surface area (Å²) in [6.45, 7) is 1.88. The average molecular weight is 547 g/mol. The topological polar surface area (TPSA) is 117 Å². The molecule has 0 atom stereocenters. The Bertz CT molecular complexity index is 1520. The third-order valence-electron chi connectivity index (χ3n) is 6.49. The summed E-state index contributed by atoms with van der Waals surface area (Å²) in [4.78, 5) is 8.90. The number of aryl methyl sites for hydroxylation is 1. The Morgan fingerprint density at radius 3 is 2.31 bits per heavy atom. The van der Waals surface area contributed by atoms with Gasteiger partial charge in [-0.3, -0.25) is 0 Å². The van der Waals surface area contributed by atoms with E-state index in [1.54, 1.807) is 24.3 Å². The van der Waals surface area contributed by atoms with Gasteiger partial charge in [-0.05, 0) is 62.4 Å². The van der Waals surface area contributed by atoms with E-state index in [-0.39, 0.29) is 38.5 Å². The number of nitrogens with zero attached hydrogens (tertiary/aromatic N) is 3. The fourth-order valence-corrected chi connectivity index (χ4v) is 6.31. The SMILES string of the molecule is Cc1ccc(S(=O)(=O)n2cc(-c3cc(Cl)c(O)c(Cl)c3)c3c(N[C@H]4CC[C@H](O)CC4)ncnc32)cc1. The Kier molecular flexibility index (Phi) is 6.59. The Balaban J connectivity index is 1.72. The van der Waals surface area contributed by atoms with Crippen molar-refractivity contribution in [2.75, 3.05) is 5.32 Å². The fraction of sp³-hybridized carbons (Fsp3) is 0.280. The summed E-state index contributed by atoms with van der Waals surface area (Å²) in [5, 5.41) is 23.9. The molecule has 0 unspecified atom stereocenters. The summed E-state index contributed by atoms with van der Waals surface area (Å²) in [7, 11) is -4.00. The van der Waals surface area contributed by atoms with Crippen LogP contribution >= 0.6 is 23.2 Å². The number of benzene rings is 2. The highest BCUT2D eigenvalue weighted by Gasteiger charge is 2.27. The normalized spacial score (nSPS) is 18.4. The van der Waals surface area contributed by atoms with Crippen molar-refractivity contribution >= 4 is 50.1 Å². The zero-order chi connectivity index (χ0) is 25.6. The van der Waals surface area contributed by atoms with Gasteiger partial charge in [0.1, 0.15) is 12.1 Å². The molecule has 1 aliphatic carbocycles. The molecule has 2 aromatic heterocycles. The standard InChI is InChI=1S/C25H24Cl2N4O4S/c1-14-2-8-18(9-3-14)36(34,35)31-12-19(15-10-20(26)23(33)21(27)11-15)22-24(28-13-29-25(22)31)30-16-4-6-17(32)7-5-16/h2-3,8-13,16-17,32-33H,4-7H2,1H3,(H,28,29,30)/t16-,17-. The summed E-state index contributed by atoms with van der Waals surface area (Å²) in [5.74, 6) is 0.211. The molecule has 3 N–H and O–H groups in total. The molecule has 0 aliphatic heterocycles. The molecule has 8 nitrogen and oxygen atoms in total. The molecule has 0 amide bonds. The fourth-order valence-electron chi connectivity index (χ4n) is 4.50. The van der Waals surface area contributed by atoms with Crippen LogP contribution in [-0.2, 0) is 10.0 Å². The number of phenols is 1. The largest absolute Gasteiger partial charge is 0.505 e. The third-order valence-corrected chi connectivity index (χ3v) is 8.74. The molecule has 2 heterocycles. The molecular formula is C25H24Cl2N4O4S. The highest BCUT2D eigenvalue weighted by Crippen LogP contribution is 2.41. The highest BCUT2D eigenvalue weighted by molar-refractivity contribution is 7.90. The van der Waals surface area contributed by atoms with Crippen LogP contribution in [0, 0.1) is 6.92 Å². The van der Waals surface area contributed by atoms with Gasteiger partial charge in [0, 0.05) is 17.8 Å². The van der Waals surface area contributed by atoms with Crippen molar-refractivity contribution in [2.24, 2.45) is 0 Å². The van der Waals surface area contributed by atoms with Gasteiger partial charge in [-0.2, -0.15) is 0 Å². The van der Waals surface area contributed by atoms with E-state index < -0.39 is 10.0 Å². The van der Waals surface area contributed by atoms with E-state index in [2.05, 4.69) is 15.3 Å². The number of halogens is 2. The van der Waals surface area contributed by atoms with Gasteiger partial charge in [-0.25, -0.2) is 22.4 Å². The summed E-state index contributed by atoms with van der Waals surface area (Å²) < 4.78 is 28.5. The molecule has 188 valence electrons. The number of aliphatic hydroxyl groups is 1. The van der Waals surface area contributed by atoms with Crippen LogP contribution < -0.4 is 5.32 Å². The third kappa shape index (κ3) is 4.52. The van der Waals surface area contributed by atoms with E-state index in [1.165, 1.54) is 24.7 Å². The minimum Gasteiger partial charge on any atom is -0.505 e. The van der Waals surface area contributed by atoms with Gasteiger partial charge in [0.05, 0.1) is 26.4 Å². The van der Waals surface area contributed by atoms with Gasteiger partial charge < -0.3 is 15.5 Å². The highest BCUT2D eigenvalue weighted by atomic mass is 35.5. The number of nitrogens with one attached hydrogen (secondary N) is 1. The van der Waals surface area contributed by atoms with Crippen molar-refractivity contribution in [3.63, 3.8) is 0 Å². The van der Waals surface area contributed by atoms with Gasteiger partial charge in [0.25, 0.3) is 10.0 Å². The first-order valence-corrected chi connectivity index (χ1v) is 13.7. The van der Waals surface area contributed by atoms with E-state index in [0.29, 0.717) is 35.2 Å². The minimum atomic E-state index is -4.00. The average Bonchev–Trinajstić information content (AvgIpc) is 3.26. The molecule has 11 heteroatoms. The van der Waals surface area contributed by atoms with E-state index in [4.69, 9.17) is 23.2 Å². The van der Waals surface area contributed by atoms with Crippen LogP contribution in [0.3, 0.4) is 0 Å².